The SMILES string of the molecule is [N-]=[N+]=NC1COC(=O)N1c1cc(F)cc(F)c1. The van der Waals surface area contributed by atoms with Gasteiger partial charge in [-0.25, -0.2) is 13.6 Å². The van der Waals surface area contributed by atoms with Crippen molar-refractivity contribution in [2.24, 2.45) is 5.11 Å². The van der Waals surface area contributed by atoms with Gasteiger partial charge in [-0.05, 0) is 17.7 Å². The van der Waals surface area contributed by atoms with Crippen LogP contribution in [0, 0.1) is 11.6 Å². The molecular formula is C9H6F2N4O2. The topological polar surface area (TPSA) is 78.3 Å². The molecule has 1 aliphatic rings. The smallest absolute Gasteiger partial charge is 0.414 e. The maximum Gasteiger partial charge on any atom is 0.414 e. The van der Waals surface area contributed by atoms with Gasteiger partial charge in [0.2, 0.25) is 0 Å². The molecule has 1 heterocycles. The summed E-state index contributed by atoms with van der Waals surface area (Å²) >= 11 is 0. The van der Waals surface area contributed by atoms with Gasteiger partial charge in [-0.2, -0.15) is 0 Å². The monoisotopic (exact) mass is 240 g/mol. The molecule has 8 heteroatoms. The molecule has 0 spiro atoms. The zero-order valence-corrected chi connectivity index (χ0v) is 8.38. The summed E-state index contributed by atoms with van der Waals surface area (Å²) in [6.45, 7) is -0.152. The van der Waals surface area contributed by atoms with E-state index >= 15 is 0 Å². The number of benzene rings is 1. The van der Waals surface area contributed by atoms with E-state index in [1.807, 2.05) is 0 Å². The quantitative estimate of drug-likeness (QED) is 0.452. The second kappa shape index (κ2) is 4.26. The highest BCUT2D eigenvalue weighted by atomic mass is 19.1. The van der Waals surface area contributed by atoms with Crippen LogP contribution in [-0.2, 0) is 4.74 Å². The fourth-order valence-corrected chi connectivity index (χ4v) is 1.51. The van der Waals surface area contributed by atoms with E-state index in [2.05, 4.69) is 14.8 Å². The van der Waals surface area contributed by atoms with Crippen molar-refractivity contribution in [1.82, 2.24) is 0 Å². The molecular weight excluding hydrogens is 234 g/mol. The standard InChI is InChI=1S/C9H6F2N4O2/c10-5-1-6(11)3-7(2-5)15-8(13-14-12)4-17-9(15)16/h1-3,8H,4H2. The van der Waals surface area contributed by atoms with Crippen LogP contribution in [0.5, 0.6) is 0 Å². The Labute approximate surface area is 94.0 Å². The van der Waals surface area contributed by atoms with Gasteiger partial charge in [0, 0.05) is 11.0 Å². The van der Waals surface area contributed by atoms with Gasteiger partial charge >= 0.3 is 6.09 Å². The summed E-state index contributed by atoms with van der Waals surface area (Å²) in [6, 6.07) is 2.58. The number of anilines is 1. The van der Waals surface area contributed by atoms with Gasteiger partial charge < -0.3 is 4.74 Å². The summed E-state index contributed by atoms with van der Waals surface area (Å²) in [7, 11) is 0. The summed E-state index contributed by atoms with van der Waals surface area (Å²) < 4.78 is 30.6. The minimum absolute atomic E-state index is 0.0533. The van der Waals surface area contributed by atoms with Crippen molar-refractivity contribution < 1.29 is 18.3 Å². The number of hydrogen-bond donors (Lipinski definition) is 0. The van der Waals surface area contributed by atoms with E-state index < -0.39 is 23.9 Å². The van der Waals surface area contributed by atoms with Gasteiger partial charge in [0.15, 0.2) is 6.17 Å². The molecule has 2 rings (SSSR count). The zero-order valence-electron chi connectivity index (χ0n) is 8.38. The lowest BCUT2D eigenvalue weighted by Crippen LogP contribution is -2.31. The molecule has 0 radical (unpaired) electrons. The molecule has 88 valence electrons. The lowest BCUT2D eigenvalue weighted by Gasteiger charge is -2.17. The van der Waals surface area contributed by atoms with Crippen LogP contribution < -0.4 is 4.90 Å². The molecule has 0 saturated carbocycles. The summed E-state index contributed by atoms with van der Waals surface area (Å²) in [5, 5.41) is 3.31. The molecule has 1 aromatic rings. The van der Waals surface area contributed by atoms with Crippen molar-refractivity contribution in [2.45, 2.75) is 6.17 Å². The molecule has 6 nitrogen and oxygen atoms in total. The Morgan fingerprint density at radius 3 is 2.65 bits per heavy atom. The average molecular weight is 240 g/mol. The molecule has 1 atom stereocenters. The van der Waals surface area contributed by atoms with Crippen LogP contribution in [0.3, 0.4) is 0 Å². The number of nitrogens with zero attached hydrogens (tertiary/aromatic N) is 4. The van der Waals surface area contributed by atoms with Crippen molar-refractivity contribution in [1.29, 1.82) is 0 Å². The predicted octanol–water partition coefficient (Wildman–Crippen LogP) is 2.56. The van der Waals surface area contributed by atoms with Crippen molar-refractivity contribution in [3.8, 4) is 0 Å². The minimum atomic E-state index is -0.936. The van der Waals surface area contributed by atoms with Crippen LogP contribution in [-0.4, -0.2) is 18.9 Å². The Morgan fingerprint density at radius 2 is 2.06 bits per heavy atom. The molecule has 0 bridgehead atoms. The first-order valence-corrected chi connectivity index (χ1v) is 4.58. The highest BCUT2D eigenvalue weighted by Gasteiger charge is 2.34. The second-order valence-electron chi connectivity index (χ2n) is 3.26. The Hall–Kier alpha value is -2.34. The van der Waals surface area contributed by atoms with E-state index in [-0.39, 0.29) is 12.3 Å². The number of carbonyl (C=O) groups excluding carboxylic acids is 1. The third-order valence-electron chi connectivity index (χ3n) is 2.16. The Balaban J connectivity index is 2.42. The summed E-state index contributed by atoms with van der Waals surface area (Å²) in [5.41, 5.74) is 8.25. The first-order chi connectivity index (χ1) is 8.11. The van der Waals surface area contributed by atoms with Crippen LogP contribution in [0.2, 0.25) is 0 Å². The first-order valence-electron chi connectivity index (χ1n) is 4.58. The molecule has 17 heavy (non-hydrogen) atoms. The third kappa shape index (κ3) is 2.11. The molecule has 0 aliphatic carbocycles. The molecule has 1 amide bonds. The fraction of sp³-hybridized carbons (Fsp3) is 0.222. The molecule has 1 unspecified atom stereocenters. The van der Waals surface area contributed by atoms with Gasteiger partial charge in [0.1, 0.15) is 18.2 Å². The van der Waals surface area contributed by atoms with Gasteiger partial charge in [-0.1, -0.05) is 5.11 Å². The number of ether oxygens (including phenoxy) is 1. The number of rotatable bonds is 2. The lowest BCUT2D eigenvalue weighted by atomic mass is 10.2. The van der Waals surface area contributed by atoms with Crippen molar-refractivity contribution in [3.63, 3.8) is 0 Å². The summed E-state index contributed by atoms with van der Waals surface area (Å²) in [6.07, 6.45) is -1.75. The van der Waals surface area contributed by atoms with Crippen LogP contribution in [0.25, 0.3) is 10.4 Å². The summed E-state index contributed by atoms with van der Waals surface area (Å²) in [5.74, 6) is -1.67. The number of azide groups is 1. The van der Waals surface area contributed by atoms with E-state index in [4.69, 9.17) is 5.53 Å². The van der Waals surface area contributed by atoms with Gasteiger partial charge in [-0.3, -0.25) is 4.90 Å². The zero-order chi connectivity index (χ0) is 12.4. The Morgan fingerprint density at radius 1 is 1.41 bits per heavy atom. The maximum absolute atomic E-state index is 13.0. The van der Waals surface area contributed by atoms with Crippen LogP contribution >= 0.6 is 0 Å². The first kappa shape index (κ1) is 11.2. The number of cyclic esters (lactones) is 1. The Kier molecular flexibility index (Phi) is 2.80. The molecule has 1 aromatic carbocycles. The largest absolute Gasteiger partial charge is 0.447 e. The molecule has 1 saturated heterocycles. The number of halogens is 2. The van der Waals surface area contributed by atoms with Gasteiger partial charge in [0.25, 0.3) is 0 Å². The lowest BCUT2D eigenvalue weighted by molar-refractivity contribution is 0.179. The van der Waals surface area contributed by atoms with Crippen molar-refractivity contribution in [2.75, 3.05) is 11.5 Å². The third-order valence-corrected chi connectivity index (χ3v) is 2.16. The van der Waals surface area contributed by atoms with Crippen LogP contribution in [0.1, 0.15) is 0 Å². The van der Waals surface area contributed by atoms with Crippen LogP contribution in [0.4, 0.5) is 19.3 Å². The highest BCUT2D eigenvalue weighted by molar-refractivity contribution is 5.90. The fourth-order valence-electron chi connectivity index (χ4n) is 1.51. The normalized spacial score (nSPS) is 18.8. The van der Waals surface area contributed by atoms with Gasteiger partial charge in [0.05, 0.1) is 5.69 Å². The average Bonchev–Trinajstić information content (AvgIpc) is 2.59. The van der Waals surface area contributed by atoms with E-state index in [0.717, 1.165) is 17.0 Å². The van der Waals surface area contributed by atoms with Crippen molar-refractivity contribution in [3.05, 3.63) is 40.3 Å². The second-order valence-corrected chi connectivity index (χ2v) is 3.26. The van der Waals surface area contributed by atoms with Crippen molar-refractivity contribution >= 4 is 11.8 Å². The Bertz CT molecular complexity index is 495. The molecule has 0 aromatic heterocycles. The molecule has 1 fully saturated rings. The molecule has 0 N–H and O–H groups in total. The number of hydrogen-bond acceptors (Lipinski definition) is 3. The molecule has 1 aliphatic heterocycles. The predicted molar refractivity (Wildman–Crippen MR) is 53.1 cm³/mol. The maximum atomic E-state index is 13.0. The highest BCUT2D eigenvalue weighted by Crippen LogP contribution is 2.25. The van der Waals surface area contributed by atoms with E-state index in [1.54, 1.807) is 0 Å². The van der Waals surface area contributed by atoms with E-state index in [9.17, 15) is 13.6 Å². The minimum Gasteiger partial charge on any atom is -0.447 e. The van der Waals surface area contributed by atoms with E-state index in [1.165, 1.54) is 0 Å². The van der Waals surface area contributed by atoms with E-state index in [0.29, 0.717) is 6.07 Å². The van der Waals surface area contributed by atoms with Gasteiger partial charge in [-0.15, -0.1) is 0 Å². The summed E-state index contributed by atoms with van der Waals surface area (Å²) in [4.78, 5) is 14.8. The van der Waals surface area contributed by atoms with Crippen LogP contribution in [0.15, 0.2) is 23.3 Å². The number of carbonyl (C=O) groups is 1. The number of amides is 1.